The van der Waals surface area contributed by atoms with Crippen molar-refractivity contribution >= 4 is 45.7 Å². The molecule has 0 bridgehead atoms. The van der Waals surface area contributed by atoms with Gasteiger partial charge in [-0.2, -0.15) is 5.26 Å². The van der Waals surface area contributed by atoms with Crippen molar-refractivity contribution in [1.82, 2.24) is 5.32 Å². The number of para-hydroxylation sites is 1. The fraction of sp³-hybridized carbons (Fsp3) is 0.121. The molecule has 198 valence electrons. The molecule has 7 heteroatoms. The maximum atomic E-state index is 13.6. The highest BCUT2D eigenvalue weighted by Gasteiger charge is 2.35. The van der Waals surface area contributed by atoms with Crippen LogP contribution in [0.3, 0.4) is 0 Å². The minimum absolute atomic E-state index is 0.0971. The van der Waals surface area contributed by atoms with Crippen LogP contribution in [-0.4, -0.2) is 17.6 Å². The van der Waals surface area contributed by atoms with Crippen LogP contribution in [0, 0.1) is 18.3 Å². The summed E-state index contributed by atoms with van der Waals surface area (Å²) in [6.07, 6.45) is 0. The Balaban J connectivity index is 1.39. The van der Waals surface area contributed by atoms with Gasteiger partial charge in [0.1, 0.15) is 0 Å². The van der Waals surface area contributed by atoms with Crippen molar-refractivity contribution in [2.45, 2.75) is 19.8 Å². The van der Waals surface area contributed by atoms with Crippen LogP contribution in [0.2, 0.25) is 0 Å². The van der Waals surface area contributed by atoms with E-state index in [0.717, 1.165) is 21.9 Å². The first-order valence-corrected chi connectivity index (χ1v) is 13.9. The third kappa shape index (κ3) is 5.78. The zero-order valence-electron chi connectivity index (χ0n) is 22.2. The largest absolute Gasteiger partial charge is 0.353 e. The van der Waals surface area contributed by atoms with Crippen LogP contribution < -0.4 is 16.0 Å². The number of dihydropyridines is 1. The molecule has 40 heavy (non-hydrogen) atoms. The van der Waals surface area contributed by atoms with Gasteiger partial charge in [0.25, 0.3) is 5.91 Å². The van der Waals surface area contributed by atoms with Crippen LogP contribution in [0.1, 0.15) is 24.0 Å². The number of nitrogens with zero attached hydrogens (tertiary/aromatic N) is 1. The van der Waals surface area contributed by atoms with Crippen LogP contribution in [0.5, 0.6) is 0 Å². The molecule has 6 nitrogen and oxygen atoms in total. The van der Waals surface area contributed by atoms with Crippen LogP contribution in [0.4, 0.5) is 11.4 Å². The Morgan fingerprint density at radius 3 is 2.33 bits per heavy atom. The van der Waals surface area contributed by atoms with Gasteiger partial charge in [0.2, 0.25) is 5.91 Å². The van der Waals surface area contributed by atoms with E-state index in [-0.39, 0.29) is 17.6 Å². The number of nitrogens with one attached hydrogen (secondary N) is 3. The number of aryl methyl sites for hydroxylation is 1. The van der Waals surface area contributed by atoms with Gasteiger partial charge in [0, 0.05) is 22.6 Å². The van der Waals surface area contributed by atoms with Crippen molar-refractivity contribution in [3.05, 3.63) is 130 Å². The minimum Gasteiger partial charge on any atom is -0.353 e. The Labute approximate surface area is 237 Å². The highest BCUT2D eigenvalue weighted by atomic mass is 32.2. The lowest BCUT2D eigenvalue weighted by Gasteiger charge is -2.30. The van der Waals surface area contributed by atoms with Crippen molar-refractivity contribution < 1.29 is 9.59 Å². The van der Waals surface area contributed by atoms with Crippen molar-refractivity contribution in [2.75, 3.05) is 16.4 Å². The number of carbonyl (C=O) groups is 2. The predicted molar refractivity (Wildman–Crippen MR) is 163 cm³/mol. The molecule has 5 rings (SSSR count). The zero-order valence-corrected chi connectivity index (χ0v) is 23.0. The highest BCUT2D eigenvalue weighted by Crippen LogP contribution is 2.41. The van der Waals surface area contributed by atoms with Crippen LogP contribution in [-0.2, 0) is 9.59 Å². The summed E-state index contributed by atoms with van der Waals surface area (Å²) in [6.45, 7) is 3.76. The molecule has 1 aliphatic rings. The number of amides is 2. The Morgan fingerprint density at radius 1 is 0.875 bits per heavy atom. The number of nitriles is 1. The van der Waals surface area contributed by atoms with Gasteiger partial charge in [-0.25, -0.2) is 0 Å². The number of carbonyl (C=O) groups excluding carboxylic acids is 2. The first kappa shape index (κ1) is 26.8. The fourth-order valence-electron chi connectivity index (χ4n) is 4.81. The minimum atomic E-state index is -0.581. The summed E-state index contributed by atoms with van der Waals surface area (Å²) in [5, 5.41) is 22.2. The molecule has 1 unspecified atom stereocenters. The molecule has 2 amide bonds. The van der Waals surface area contributed by atoms with E-state index in [1.54, 1.807) is 0 Å². The average Bonchev–Trinajstić information content (AvgIpc) is 2.97. The molecular formula is C33H28N4O2S. The molecule has 0 saturated heterocycles. The SMILES string of the molecule is CC1=C(C(=O)Nc2ccccc2C)C(c2ccccc2)C(C#N)=C(SCC(=O)Nc2ccc3ccccc3c2)N1. The van der Waals surface area contributed by atoms with Gasteiger partial charge in [-0.15, -0.1) is 0 Å². The number of rotatable bonds is 7. The first-order valence-electron chi connectivity index (χ1n) is 12.9. The van der Waals surface area contributed by atoms with Gasteiger partial charge >= 0.3 is 0 Å². The van der Waals surface area contributed by atoms with Gasteiger partial charge in [-0.3, -0.25) is 9.59 Å². The molecular weight excluding hydrogens is 516 g/mol. The lowest BCUT2D eigenvalue weighted by molar-refractivity contribution is -0.114. The molecule has 0 aliphatic carbocycles. The molecule has 0 radical (unpaired) electrons. The quantitative estimate of drug-likeness (QED) is 0.236. The Morgan fingerprint density at radius 2 is 1.57 bits per heavy atom. The number of hydrogen-bond acceptors (Lipinski definition) is 5. The van der Waals surface area contributed by atoms with E-state index >= 15 is 0 Å². The van der Waals surface area contributed by atoms with Crippen molar-refractivity contribution in [3.8, 4) is 6.07 Å². The maximum Gasteiger partial charge on any atom is 0.254 e. The molecule has 1 atom stereocenters. The molecule has 1 aliphatic heterocycles. The Kier molecular flexibility index (Phi) is 7.99. The lowest BCUT2D eigenvalue weighted by atomic mass is 9.82. The number of thioether (sulfide) groups is 1. The molecule has 0 fully saturated rings. The first-order chi connectivity index (χ1) is 19.4. The normalized spacial score (nSPS) is 14.9. The maximum absolute atomic E-state index is 13.6. The summed E-state index contributed by atoms with van der Waals surface area (Å²) in [7, 11) is 0. The summed E-state index contributed by atoms with van der Waals surface area (Å²) in [4.78, 5) is 26.5. The summed E-state index contributed by atoms with van der Waals surface area (Å²) in [5.74, 6) is -0.950. The summed E-state index contributed by atoms with van der Waals surface area (Å²) in [5.41, 5.74) is 4.70. The van der Waals surface area contributed by atoms with Gasteiger partial charge < -0.3 is 16.0 Å². The molecule has 0 aromatic heterocycles. The third-order valence-corrected chi connectivity index (χ3v) is 7.82. The smallest absolute Gasteiger partial charge is 0.254 e. The van der Waals surface area contributed by atoms with Gasteiger partial charge in [-0.05, 0) is 53.9 Å². The van der Waals surface area contributed by atoms with E-state index in [4.69, 9.17) is 0 Å². The molecule has 0 saturated carbocycles. The number of anilines is 2. The topological polar surface area (TPSA) is 94.0 Å². The standard InChI is InChI=1S/C33H28N4O2S/c1-21-10-6-9-15-28(21)37-32(39)30-22(2)35-33(27(19-34)31(30)24-12-4-3-5-13-24)40-20-29(38)36-26-17-16-23-11-7-8-14-25(23)18-26/h3-18,31,35H,20H2,1-2H3,(H,36,38)(H,37,39). The number of benzene rings is 4. The fourth-order valence-corrected chi connectivity index (χ4v) is 5.70. The molecule has 0 spiro atoms. The second-order valence-corrected chi connectivity index (χ2v) is 10.5. The van der Waals surface area contributed by atoms with Crippen LogP contribution in [0.15, 0.2) is 119 Å². The van der Waals surface area contributed by atoms with Crippen molar-refractivity contribution in [3.63, 3.8) is 0 Å². The van der Waals surface area contributed by atoms with E-state index < -0.39 is 5.92 Å². The highest BCUT2D eigenvalue weighted by molar-refractivity contribution is 8.03. The summed E-state index contributed by atoms with van der Waals surface area (Å²) in [6, 6.07) is 33.2. The van der Waals surface area contributed by atoms with Gasteiger partial charge in [0.05, 0.1) is 28.3 Å². The van der Waals surface area contributed by atoms with Gasteiger partial charge in [-0.1, -0.05) is 90.6 Å². The lowest BCUT2D eigenvalue weighted by Crippen LogP contribution is -2.31. The number of hydrogen-bond donors (Lipinski definition) is 3. The van der Waals surface area contributed by atoms with E-state index in [1.807, 2.05) is 111 Å². The van der Waals surface area contributed by atoms with Crippen molar-refractivity contribution in [1.29, 1.82) is 5.26 Å². The summed E-state index contributed by atoms with van der Waals surface area (Å²) < 4.78 is 0. The summed E-state index contributed by atoms with van der Waals surface area (Å²) >= 11 is 1.25. The monoisotopic (exact) mass is 544 g/mol. The number of allylic oxidation sites excluding steroid dienone is 2. The third-order valence-electron chi connectivity index (χ3n) is 6.80. The second kappa shape index (κ2) is 11.9. The molecule has 4 aromatic rings. The van der Waals surface area contributed by atoms with Crippen LogP contribution in [0.25, 0.3) is 10.8 Å². The van der Waals surface area contributed by atoms with E-state index in [9.17, 15) is 14.9 Å². The molecule has 1 heterocycles. The Bertz CT molecular complexity index is 1700. The number of fused-ring (bicyclic) bond motifs is 1. The van der Waals surface area contributed by atoms with E-state index in [2.05, 4.69) is 22.0 Å². The van der Waals surface area contributed by atoms with E-state index in [0.29, 0.717) is 33.2 Å². The van der Waals surface area contributed by atoms with Crippen LogP contribution >= 0.6 is 11.8 Å². The molecule has 3 N–H and O–H groups in total. The molecule has 4 aromatic carbocycles. The Hall–Kier alpha value is -4.80. The predicted octanol–water partition coefficient (Wildman–Crippen LogP) is 6.85. The van der Waals surface area contributed by atoms with Gasteiger partial charge in [0.15, 0.2) is 0 Å². The van der Waals surface area contributed by atoms with Crippen molar-refractivity contribution in [2.24, 2.45) is 0 Å². The zero-order chi connectivity index (χ0) is 28.1. The van der Waals surface area contributed by atoms with E-state index in [1.165, 1.54) is 11.8 Å². The average molecular weight is 545 g/mol. The second-order valence-electron chi connectivity index (χ2n) is 9.53.